The van der Waals surface area contributed by atoms with Crippen molar-refractivity contribution in [2.75, 3.05) is 26.7 Å². The van der Waals surface area contributed by atoms with Crippen LogP contribution in [-0.2, 0) is 14.8 Å². The third-order valence-electron chi connectivity index (χ3n) is 3.66. The highest BCUT2D eigenvalue weighted by Crippen LogP contribution is 2.22. The largest absolute Gasteiger partial charge is 0.354 e. The van der Waals surface area contributed by atoms with E-state index in [4.69, 9.17) is 0 Å². The molecule has 1 aliphatic heterocycles. The molecule has 7 heteroatoms. The highest BCUT2D eigenvalue weighted by molar-refractivity contribution is 7.89. The lowest BCUT2D eigenvalue weighted by atomic mass is 10.1. The smallest absolute Gasteiger partial charge is 0.243 e. The van der Waals surface area contributed by atoms with Crippen LogP contribution < -0.4 is 10.6 Å². The first-order valence-electron chi connectivity index (χ1n) is 7.03. The summed E-state index contributed by atoms with van der Waals surface area (Å²) in [6.45, 7) is 2.58. The van der Waals surface area contributed by atoms with Gasteiger partial charge >= 0.3 is 0 Å². The first-order valence-corrected chi connectivity index (χ1v) is 8.47. The van der Waals surface area contributed by atoms with Gasteiger partial charge in [0.1, 0.15) is 0 Å². The minimum atomic E-state index is -3.62. The van der Waals surface area contributed by atoms with E-state index >= 15 is 0 Å². The number of nitrogens with one attached hydrogen (secondary N) is 2. The summed E-state index contributed by atoms with van der Waals surface area (Å²) in [6.07, 6.45) is 0.867. The zero-order valence-electron chi connectivity index (χ0n) is 12.3. The lowest BCUT2D eigenvalue weighted by molar-refractivity contribution is -0.122. The van der Waals surface area contributed by atoms with Crippen molar-refractivity contribution in [2.24, 2.45) is 0 Å². The summed E-state index contributed by atoms with van der Waals surface area (Å²) in [5, 5.41) is 5.79. The number of carbonyl (C=O) groups is 1. The van der Waals surface area contributed by atoms with Gasteiger partial charge < -0.3 is 10.6 Å². The number of piperazine rings is 1. The van der Waals surface area contributed by atoms with Gasteiger partial charge in [-0.1, -0.05) is 19.1 Å². The Morgan fingerprint density at radius 3 is 2.81 bits per heavy atom. The number of rotatable bonds is 5. The second kappa shape index (κ2) is 6.55. The molecule has 1 amide bonds. The summed E-state index contributed by atoms with van der Waals surface area (Å²) in [6, 6.07) is 7.03. The van der Waals surface area contributed by atoms with Gasteiger partial charge in [0, 0.05) is 19.1 Å². The predicted molar refractivity (Wildman–Crippen MR) is 80.3 cm³/mol. The normalized spacial score (nSPS) is 18.3. The Morgan fingerprint density at radius 2 is 2.19 bits per heavy atom. The van der Waals surface area contributed by atoms with E-state index in [9.17, 15) is 13.2 Å². The molecule has 2 N–H and O–H groups in total. The number of amides is 1. The maximum Gasteiger partial charge on any atom is 0.243 e. The van der Waals surface area contributed by atoms with Crippen LogP contribution in [0.3, 0.4) is 0 Å². The zero-order chi connectivity index (χ0) is 15.5. The van der Waals surface area contributed by atoms with Gasteiger partial charge in [0.2, 0.25) is 15.9 Å². The fourth-order valence-electron chi connectivity index (χ4n) is 2.47. The maximum absolute atomic E-state index is 12.6. The minimum Gasteiger partial charge on any atom is -0.354 e. The molecule has 0 bridgehead atoms. The van der Waals surface area contributed by atoms with E-state index in [2.05, 4.69) is 10.6 Å². The van der Waals surface area contributed by atoms with Gasteiger partial charge in [-0.2, -0.15) is 4.31 Å². The third kappa shape index (κ3) is 3.42. The van der Waals surface area contributed by atoms with E-state index in [0.717, 1.165) is 12.0 Å². The second-order valence-electron chi connectivity index (χ2n) is 5.01. The topological polar surface area (TPSA) is 78.5 Å². The van der Waals surface area contributed by atoms with Crippen molar-refractivity contribution >= 4 is 15.9 Å². The highest BCUT2D eigenvalue weighted by atomic mass is 32.2. The molecular formula is C14H21N3O3S. The molecule has 0 saturated carbocycles. The SMILES string of the molecule is CCC(NC)c1cccc(S(=O)(=O)N2CCNC(=O)C2)c1. The predicted octanol–water partition coefficient (Wildman–Crippen LogP) is 0.478. The van der Waals surface area contributed by atoms with Crippen LogP contribution in [-0.4, -0.2) is 45.3 Å². The first kappa shape index (κ1) is 15.9. The molecule has 116 valence electrons. The van der Waals surface area contributed by atoms with Crippen molar-refractivity contribution < 1.29 is 13.2 Å². The van der Waals surface area contributed by atoms with Crippen molar-refractivity contribution in [3.8, 4) is 0 Å². The standard InChI is InChI=1S/C14H21N3O3S/c1-3-13(15-2)11-5-4-6-12(9-11)21(19,20)17-8-7-16-14(18)10-17/h4-6,9,13,15H,3,7-8,10H2,1-2H3,(H,16,18). The maximum atomic E-state index is 12.6. The summed E-state index contributed by atoms with van der Waals surface area (Å²) in [5.74, 6) is -0.261. The van der Waals surface area contributed by atoms with Crippen molar-refractivity contribution in [2.45, 2.75) is 24.3 Å². The van der Waals surface area contributed by atoms with Crippen LogP contribution in [0.2, 0.25) is 0 Å². The van der Waals surface area contributed by atoms with E-state index in [0.29, 0.717) is 13.1 Å². The van der Waals surface area contributed by atoms with Gasteiger partial charge in [0.25, 0.3) is 0 Å². The van der Waals surface area contributed by atoms with Crippen LogP contribution in [0.15, 0.2) is 29.2 Å². The molecule has 2 rings (SSSR count). The molecule has 1 atom stereocenters. The van der Waals surface area contributed by atoms with Gasteiger partial charge in [-0.3, -0.25) is 4.79 Å². The van der Waals surface area contributed by atoms with Crippen LogP contribution in [0.4, 0.5) is 0 Å². The summed E-state index contributed by atoms with van der Waals surface area (Å²) in [4.78, 5) is 11.6. The lowest BCUT2D eigenvalue weighted by Crippen LogP contribution is -2.49. The molecule has 1 aromatic rings. The van der Waals surface area contributed by atoms with E-state index in [1.165, 1.54) is 4.31 Å². The van der Waals surface area contributed by atoms with Gasteiger partial charge in [0.05, 0.1) is 11.4 Å². The monoisotopic (exact) mass is 311 g/mol. The Bertz CT molecular complexity index is 612. The average molecular weight is 311 g/mol. The zero-order valence-corrected chi connectivity index (χ0v) is 13.1. The summed E-state index contributed by atoms with van der Waals surface area (Å²) >= 11 is 0. The van der Waals surface area contributed by atoms with E-state index < -0.39 is 10.0 Å². The molecule has 0 aliphatic carbocycles. The second-order valence-corrected chi connectivity index (χ2v) is 6.95. The van der Waals surface area contributed by atoms with Gasteiger partial charge in [0.15, 0.2) is 0 Å². The fraction of sp³-hybridized carbons (Fsp3) is 0.500. The van der Waals surface area contributed by atoms with Crippen LogP contribution >= 0.6 is 0 Å². The van der Waals surface area contributed by atoms with Crippen molar-refractivity contribution in [3.63, 3.8) is 0 Å². The van der Waals surface area contributed by atoms with E-state index in [1.807, 2.05) is 20.0 Å². The third-order valence-corrected chi connectivity index (χ3v) is 5.50. The first-order chi connectivity index (χ1) is 9.98. The number of hydrogen-bond donors (Lipinski definition) is 2. The Labute approximate surface area is 125 Å². The van der Waals surface area contributed by atoms with Crippen LogP contribution in [0.5, 0.6) is 0 Å². The number of sulfonamides is 1. The molecule has 1 fully saturated rings. The molecule has 0 aromatic heterocycles. The number of carbonyl (C=O) groups excluding carboxylic acids is 1. The van der Waals surface area contributed by atoms with Gasteiger partial charge in [-0.15, -0.1) is 0 Å². The molecule has 0 spiro atoms. The minimum absolute atomic E-state index is 0.115. The summed E-state index contributed by atoms with van der Waals surface area (Å²) < 4.78 is 26.4. The molecule has 0 radical (unpaired) electrons. The Balaban J connectivity index is 2.32. The molecule has 1 heterocycles. The Kier molecular flexibility index (Phi) is 4.97. The van der Waals surface area contributed by atoms with Crippen LogP contribution in [0.1, 0.15) is 24.9 Å². The van der Waals surface area contributed by atoms with Crippen LogP contribution in [0.25, 0.3) is 0 Å². The van der Waals surface area contributed by atoms with Gasteiger partial charge in [-0.25, -0.2) is 8.42 Å². The highest BCUT2D eigenvalue weighted by Gasteiger charge is 2.29. The number of hydrogen-bond acceptors (Lipinski definition) is 4. The van der Waals surface area contributed by atoms with E-state index in [1.54, 1.807) is 18.2 Å². The molecule has 1 aromatic carbocycles. The van der Waals surface area contributed by atoms with Gasteiger partial charge in [-0.05, 0) is 31.2 Å². The number of nitrogens with zero attached hydrogens (tertiary/aromatic N) is 1. The Hall–Kier alpha value is -1.44. The lowest BCUT2D eigenvalue weighted by Gasteiger charge is -2.26. The summed E-state index contributed by atoms with van der Waals surface area (Å²) in [5.41, 5.74) is 0.933. The van der Waals surface area contributed by atoms with E-state index in [-0.39, 0.29) is 23.4 Å². The van der Waals surface area contributed by atoms with Crippen LogP contribution in [0, 0.1) is 0 Å². The van der Waals surface area contributed by atoms with Crippen molar-refractivity contribution in [1.82, 2.24) is 14.9 Å². The molecule has 1 unspecified atom stereocenters. The Morgan fingerprint density at radius 1 is 1.43 bits per heavy atom. The molecule has 1 aliphatic rings. The molecule has 6 nitrogen and oxygen atoms in total. The molecule has 1 saturated heterocycles. The van der Waals surface area contributed by atoms with Crippen molar-refractivity contribution in [3.05, 3.63) is 29.8 Å². The molecular weight excluding hydrogens is 290 g/mol. The quantitative estimate of drug-likeness (QED) is 0.829. The fourth-order valence-corrected chi connectivity index (χ4v) is 3.92. The summed E-state index contributed by atoms with van der Waals surface area (Å²) in [7, 11) is -1.77. The number of benzene rings is 1. The van der Waals surface area contributed by atoms with Crippen molar-refractivity contribution in [1.29, 1.82) is 0 Å². The molecule has 21 heavy (non-hydrogen) atoms. The average Bonchev–Trinajstić information content (AvgIpc) is 2.49.